The van der Waals surface area contributed by atoms with Gasteiger partial charge in [0.2, 0.25) is 0 Å². The van der Waals surface area contributed by atoms with E-state index in [4.69, 9.17) is 0 Å². The molecule has 0 aliphatic heterocycles. The third-order valence-electron chi connectivity index (χ3n) is 1.68. The van der Waals surface area contributed by atoms with Crippen LogP contribution in [0.2, 0.25) is 0 Å². The van der Waals surface area contributed by atoms with Crippen LogP contribution in [0.4, 0.5) is 13.2 Å². The Morgan fingerprint density at radius 1 is 1.31 bits per heavy atom. The standard InChI is InChI=1S/C9H10BrF3N2S/c1-5-3-6(2)15-8(14-5)16-4-7(10)9(11,12)13/h3,7H,4H2,1-2H3. The molecule has 0 aliphatic rings. The van der Waals surface area contributed by atoms with Gasteiger partial charge in [0.1, 0.15) is 4.83 Å². The fraction of sp³-hybridized carbons (Fsp3) is 0.556. The smallest absolute Gasteiger partial charge is 0.228 e. The lowest BCUT2D eigenvalue weighted by molar-refractivity contribution is -0.122. The van der Waals surface area contributed by atoms with Crippen LogP contribution >= 0.6 is 27.7 Å². The second-order valence-corrected chi connectivity index (χ2v) is 5.35. The van der Waals surface area contributed by atoms with E-state index < -0.39 is 11.0 Å². The Bertz CT molecular complexity index is 350. The molecule has 1 heterocycles. The molecule has 1 unspecified atom stereocenters. The molecule has 1 aromatic heterocycles. The molecule has 0 saturated carbocycles. The van der Waals surface area contributed by atoms with E-state index in [1.807, 2.05) is 0 Å². The maximum atomic E-state index is 12.2. The van der Waals surface area contributed by atoms with Crippen molar-refractivity contribution >= 4 is 27.7 Å². The number of hydrogen-bond acceptors (Lipinski definition) is 3. The zero-order valence-corrected chi connectivity index (χ0v) is 11.1. The molecule has 90 valence electrons. The van der Waals surface area contributed by atoms with Gasteiger partial charge in [-0.25, -0.2) is 9.97 Å². The first-order chi connectivity index (χ1) is 7.29. The van der Waals surface area contributed by atoms with Crippen molar-refractivity contribution in [1.82, 2.24) is 9.97 Å². The highest BCUT2D eigenvalue weighted by Gasteiger charge is 2.37. The molecule has 0 amide bonds. The maximum Gasteiger partial charge on any atom is 0.402 e. The van der Waals surface area contributed by atoms with Crippen molar-refractivity contribution in [2.45, 2.75) is 30.0 Å². The third-order valence-corrected chi connectivity index (χ3v) is 3.89. The first-order valence-electron chi connectivity index (χ1n) is 4.45. The highest BCUT2D eigenvalue weighted by Crippen LogP contribution is 2.30. The lowest BCUT2D eigenvalue weighted by atomic mass is 10.4. The Kier molecular flexibility index (Phi) is 4.61. The summed E-state index contributed by atoms with van der Waals surface area (Å²) in [6.45, 7) is 3.57. The average molecular weight is 315 g/mol. The summed E-state index contributed by atoms with van der Waals surface area (Å²) in [5.74, 6) is -0.133. The molecule has 2 nitrogen and oxygen atoms in total. The molecule has 0 fully saturated rings. The van der Waals surface area contributed by atoms with E-state index in [1.165, 1.54) is 0 Å². The molecule has 0 radical (unpaired) electrons. The van der Waals surface area contributed by atoms with Crippen LogP contribution in [-0.4, -0.2) is 26.7 Å². The Balaban J connectivity index is 2.61. The number of alkyl halides is 4. The summed E-state index contributed by atoms with van der Waals surface area (Å²) < 4.78 is 36.6. The summed E-state index contributed by atoms with van der Waals surface area (Å²) in [5.41, 5.74) is 1.52. The minimum Gasteiger partial charge on any atom is -0.228 e. The molecule has 0 aliphatic carbocycles. The zero-order chi connectivity index (χ0) is 12.3. The molecule has 1 rings (SSSR count). The lowest BCUT2D eigenvalue weighted by Crippen LogP contribution is -2.25. The highest BCUT2D eigenvalue weighted by atomic mass is 79.9. The molecule has 0 saturated heterocycles. The van der Waals surface area contributed by atoms with Crippen LogP contribution < -0.4 is 0 Å². The fourth-order valence-electron chi connectivity index (χ4n) is 1.00. The van der Waals surface area contributed by atoms with Crippen LogP contribution in [0.3, 0.4) is 0 Å². The Hall–Kier alpha value is -0.300. The number of nitrogens with zero attached hydrogens (tertiary/aromatic N) is 2. The molecule has 7 heteroatoms. The van der Waals surface area contributed by atoms with E-state index in [-0.39, 0.29) is 5.75 Å². The SMILES string of the molecule is Cc1cc(C)nc(SCC(Br)C(F)(F)F)n1. The van der Waals surface area contributed by atoms with Crippen LogP contribution in [0, 0.1) is 13.8 Å². The van der Waals surface area contributed by atoms with Crippen molar-refractivity contribution in [1.29, 1.82) is 0 Å². The number of halogens is 4. The fourth-order valence-corrected chi connectivity index (χ4v) is 2.30. The van der Waals surface area contributed by atoms with E-state index in [2.05, 4.69) is 25.9 Å². The van der Waals surface area contributed by atoms with Gasteiger partial charge in [0.15, 0.2) is 5.16 Å². The van der Waals surface area contributed by atoms with E-state index >= 15 is 0 Å². The van der Waals surface area contributed by atoms with Crippen molar-refractivity contribution in [3.63, 3.8) is 0 Å². The quantitative estimate of drug-likeness (QED) is 0.485. The summed E-state index contributed by atoms with van der Waals surface area (Å²) in [4.78, 5) is 6.57. The van der Waals surface area contributed by atoms with Gasteiger partial charge in [-0.05, 0) is 19.9 Å². The van der Waals surface area contributed by atoms with E-state index in [1.54, 1.807) is 19.9 Å². The Morgan fingerprint density at radius 2 is 1.81 bits per heavy atom. The number of rotatable bonds is 3. The Morgan fingerprint density at radius 3 is 2.25 bits per heavy atom. The lowest BCUT2D eigenvalue weighted by Gasteiger charge is -2.12. The van der Waals surface area contributed by atoms with Crippen LogP contribution in [0.1, 0.15) is 11.4 Å². The largest absolute Gasteiger partial charge is 0.402 e. The van der Waals surface area contributed by atoms with Crippen LogP contribution in [0.25, 0.3) is 0 Å². The third kappa shape index (κ3) is 4.29. The van der Waals surface area contributed by atoms with Crippen LogP contribution in [0.15, 0.2) is 11.2 Å². The zero-order valence-electron chi connectivity index (χ0n) is 8.68. The van der Waals surface area contributed by atoms with Gasteiger partial charge in [0, 0.05) is 17.1 Å². The predicted molar refractivity (Wildman–Crippen MR) is 61.0 cm³/mol. The molecule has 1 atom stereocenters. The number of thioether (sulfide) groups is 1. The molecule has 0 aromatic carbocycles. The molecule has 0 spiro atoms. The van der Waals surface area contributed by atoms with E-state index in [0.717, 1.165) is 23.1 Å². The second-order valence-electron chi connectivity index (χ2n) is 3.25. The van der Waals surface area contributed by atoms with Crippen molar-refractivity contribution in [3.8, 4) is 0 Å². The predicted octanol–water partition coefficient (Wildman–Crippen LogP) is 3.51. The van der Waals surface area contributed by atoms with Crippen molar-refractivity contribution in [2.75, 3.05) is 5.75 Å². The monoisotopic (exact) mass is 314 g/mol. The van der Waals surface area contributed by atoms with Gasteiger partial charge >= 0.3 is 6.18 Å². The summed E-state index contributed by atoms with van der Waals surface area (Å²) >= 11 is 3.59. The first kappa shape index (κ1) is 13.8. The second kappa shape index (κ2) is 5.35. The van der Waals surface area contributed by atoms with Gasteiger partial charge in [0.25, 0.3) is 0 Å². The van der Waals surface area contributed by atoms with Gasteiger partial charge in [-0.3, -0.25) is 0 Å². The van der Waals surface area contributed by atoms with Crippen molar-refractivity contribution < 1.29 is 13.2 Å². The average Bonchev–Trinajstić information content (AvgIpc) is 2.11. The van der Waals surface area contributed by atoms with Crippen LogP contribution in [0.5, 0.6) is 0 Å². The van der Waals surface area contributed by atoms with Gasteiger partial charge < -0.3 is 0 Å². The van der Waals surface area contributed by atoms with Crippen molar-refractivity contribution in [2.24, 2.45) is 0 Å². The number of aryl methyl sites for hydroxylation is 2. The summed E-state index contributed by atoms with van der Waals surface area (Å²) in [6, 6.07) is 1.78. The van der Waals surface area contributed by atoms with Gasteiger partial charge in [-0.1, -0.05) is 27.7 Å². The number of hydrogen-bond donors (Lipinski definition) is 0. The van der Waals surface area contributed by atoms with Gasteiger partial charge in [-0.15, -0.1) is 0 Å². The first-order valence-corrected chi connectivity index (χ1v) is 6.35. The summed E-state index contributed by atoms with van der Waals surface area (Å²) in [6.07, 6.45) is -4.23. The number of aromatic nitrogens is 2. The normalized spacial score (nSPS) is 13.9. The molecule has 1 aromatic rings. The van der Waals surface area contributed by atoms with Gasteiger partial charge in [-0.2, -0.15) is 13.2 Å². The molecule has 0 N–H and O–H groups in total. The molecule has 16 heavy (non-hydrogen) atoms. The minimum atomic E-state index is -4.23. The van der Waals surface area contributed by atoms with Crippen LogP contribution in [-0.2, 0) is 0 Å². The topological polar surface area (TPSA) is 25.8 Å². The maximum absolute atomic E-state index is 12.2. The van der Waals surface area contributed by atoms with E-state index in [9.17, 15) is 13.2 Å². The summed E-state index contributed by atoms with van der Waals surface area (Å²) in [5, 5.41) is 0.381. The molecular formula is C9H10BrF3N2S. The van der Waals surface area contributed by atoms with Gasteiger partial charge in [0.05, 0.1) is 0 Å². The molecule has 0 bridgehead atoms. The van der Waals surface area contributed by atoms with E-state index in [0.29, 0.717) is 5.16 Å². The molecular weight excluding hydrogens is 305 g/mol. The Labute approximate surface area is 104 Å². The summed E-state index contributed by atoms with van der Waals surface area (Å²) in [7, 11) is 0. The van der Waals surface area contributed by atoms with Crippen molar-refractivity contribution in [3.05, 3.63) is 17.5 Å². The highest BCUT2D eigenvalue weighted by molar-refractivity contribution is 9.09. The minimum absolute atomic E-state index is 0.133.